The van der Waals surface area contributed by atoms with Crippen molar-refractivity contribution in [3.05, 3.63) is 71.8 Å². The Bertz CT molecular complexity index is 1050. The number of carbonyl (C=O) groups excluding carboxylic acids is 3. The zero-order valence-corrected chi connectivity index (χ0v) is 22.6. The second-order valence-corrected chi connectivity index (χ2v) is 12.7. The number of hydrogen-bond donors (Lipinski definition) is 2. The summed E-state index contributed by atoms with van der Waals surface area (Å²) in [6, 6.07) is 17.4. The third-order valence-corrected chi connectivity index (χ3v) is 10.1. The van der Waals surface area contributed by atoms with E-state index in [9.17, 15) is 14.4 Å². The van der Waals surface area contributed by atoms with Crippen molar-refractivity contribution in [2.75, 3.05) is 0 Å². The van der Waals surface area contributed by atoms with Gasteiger partial charge in [-0.1, -0.05) is 0 Å². The van der Waals surface area contributed by atoms with Gasteiger partial charge in [0.15, 0.2) is 0 Å². The molecule has 0 aromatic heterocycles. The van der Waals surface area contributed by atoms with Gasteiger partial charge in [-0.05, 0) is 0 Å². The maximum atomic E-state index is 13.8. The van der Waals surface area contributed by atoms with Gasteiger partial charge in [-0.15, -0.1) is 0 Å². The SMILES string of the molecule is CC[C@H](C)[C@@H]1NP2(OC(=O)N(Cc3ccccc3)Cc3ccccc3)(N[C@@H]([C@@H](C)CC)C(=O)O2)OC1=O. The summed E-state index contributed by atoms with van der Waals surface area (Å²) in [5.41, 5.74) is 1.79. The second-order valence-electron chi connectivity index (χ2n) is 9.87. The fourth-order valence-electron chi connectivity index (χ4n) is 4.46. The third kappa shape index (κ3) is 5.64. The molecule has 2 aromatic rings. The molecule has 0 radical (unpaired) electrons. The van der Waals surface area contributed by atoms with Crippen LogP contribution in [0.3, 0.4) is 0 Å². The Kier molecular flexibility index (Phi) is 7.88. The Morgan fingerprint density at radius 1 is 0.838 bits per heavy atom. The van der Waals surface area contributed by atoms with Crippen LogP contribution in [0, 0.1) is 11.8 Å². The van der Waals surface area contributed by atoms with Gasteiger partial charge in [-0.2, -0.15) is 0 Å². The Hall–Kier alpha value is -3.00. The Morgan fingerprint density at radius 3 is 1.62 bits per heavy atom. The van der Waals surface area contributed by atoms with Crippen molar-refractivity contribution < 1.29 is 28.0 Å². The summed E-state index contributed by atoms with van der Waals surface area (Å²) in [7, 11) is -4.89. The van der Waals surface area contributed by atoms with Crippen molar-refractivity contribution in [3.8, 4) is 0 Å². The molecule has 2 heterocycles. The summed E-state index contributed by atoms with van der Waals surface area (Å²) in [4.78, 5) is 41.4. The molecule has 2 fully saturated rings. The van der Waals surface area contributed by atoms with E-state index in [1.807, 2.05) is 88.4 Å². The van der Waals surface area contributed by atoms with E-state index in [0.717, 1.165) is 11.1 Å². The van der Waals surface area contributed by atoms with Crippen LogP contribution in [0.2, 0.25) is 0 Å². The van der Waals surface area contributed by atoms with Crippen LogP contribution in [-0.2, 0) is 36.2 Å². The Morgan fingerprint density at radius 2 is 1.24 bits per heavy atom. The normalized spacial score (nSPS) is 24.4. The summed E-state index contributed by atoms with van der Waals surface area (Å²) in [5, 5.41) is 6.14. The first-order valence-corrected chi connectivity index (χ1v) is 14.8. The molecule has 0 bridgehead atoms. The van der Waals surface area contributed by atoms with Crippen LogP contribution in [0.15, 0.2) is 60.7 Å². The molecule has 9 nitrogen and oxygen atoms in total. The predicted octanol–water partition coefficient (Wildman–Crippen LogP) is 5.08. The second kappa shape index (κ2) is 10.8. The van der Waals surface area contributed by atoms with Gasteiger partial charge >= 0.3 is 218 Å². The Balaban J connectivity index is 1.69. The number of rotatable bonds is 9. The number of nitrogens with one attached hydrogen (secondary N) is 2. The van der Waals surface area contributed by atoms with E-state index < -0.39 is 37.7 Å². The monoisotopic (exact) mass is 529 g/mol. The minimum absolute atomic E-state index is 0.138. The molecule has 200 valence electrons. The fourth-order valence-corrected chi connectivity index (χ4v) is 7.92. The van der Waals surface area contributed by atoms with E-state index in [1.54, 1.807) is 0 Å². The molecule has 2 N–H and O–H groups in total. The van der Waals surface area contributed by atoms with Gasteiger partial charge in [0, 0.05) is 0 Å². The minimum atomic E-state index is -4.89. The van der Waals surface area contributed by atoms with Crippen molar-refractivity contribution in [2.45, 2.75) is 65.7 Å². The number of nitrogens with zero attached hydrogens (tertiary/aromatic N) is 1. The number of carbonyl (C=O) groups is 3. The van der Waals surface area contributed by atoms with E-state index in [2.05, 4.69) is 10.2 Å². The van der Waals surface area contributed by atoms with Gasteiger partial charge in [-0.3, -0.25) is 0 Å². The zero-order valence-electron chi connectivity index (χ0n) is 21.8. The summed E-state index contributed by atoms with van der Waals surface area (Å²) in [6.07, 6.45) is 0.578. The van der Waals surface area contributed by atoms with Crippen molar-refractivity contribution in [3.63, 3.8) is 0 Å². The molecule has 4 rings (SSSR count). The van der Waals surface area contributed by atoms with Crippen molar-refractivity contribution in [2.24, 2.45) is 11.8 Å². The summed E-state index contributed by atoms with van der Waals surface area (Å²) < 4.78 is 17.7. The first-order chi connectivity index (χ1) is 17.7. The van der Waals surface area contributed by atoms with Crippen LogP contribution in [-0.4, -0.2) is 35.0 Å². The molecule has 2 aliphatic rings. The first kappa shape index (κ1) is 27.0. The molecular weight excluding hydrogens is 493 g/mol. The molecule has 2 aliphatic heterocycles. The third-order valence-electron chi connectivity index (χ3n) is 7.10. The first-order valence-electron chi connectivity index (χ1n) is 12.8. The van der Waals surface area contributed by atoms with E-state index in [0.29, 0.717) is 12.8 Å². The van der Waals surface area contributed by atoms with Crippen molar-refractivity contribution >= 4 is 25.6 Å². The van der Waals surface area contributed by atoms with Crippen molar-refractivity contribution in [1.29, 1.82) is 0 Å². The average Bonchev–Trinajstić information content (AvgIpc) is 3.35. The fraction of sp³-hybridized carbons (Fsp3) is 0.444. The number of amides is 1. The summed E-state index contributed by atoms with van der Waals surface area (Å²) >= 11 is 0. The van der Waals surface area contributed by atoms with Gasteiger partial charge in [-0.25, -0.2) is 0 Å². The van der Waals surface area contributed by atoms with Crippen LogP contribution in [0.5, 0.6) is 0 Å². The summed E-state index contributed by atoms with van der Waals surface area (Å²) in [6.45, 7) is 8.16. The molecule has 37 heavy (non-hydrogen) atoms. The van der Waals surface area contributed by atoms with Crippen LogP contribution in [0.4, 0.5) is 4.79 Å². The maximum absolute atomic E-state index is 13.8. The molecule has 0 saturated carbocycles. The van der Waals surface area contributed by atoms with E-state index in [1.165, 1.54) is 4.90 Å². The van der Waals surface area contributed by atoms with Gasteiger partial charge in [0.05, 0.1) is 0 Å². The van der Waals surface area contributed by atoms with E-state index in [-0.39, 0.29) is 24.9 Å². The molecule has 4 atom stereocenters. The molecule has 0 aliphatic carbocycles. The summed E-state index contributed by atoms with van der Waals surface area (Å²) in [5.74, 6) is -1.49. The van der Waals surface area contributed by atoms with Gasteiger partial charge < -0.3 is 0 Å². The van der Waals surface area contributed by atoms with Crippen LogP contribution in [0.1, 0.15) is 51.7 Å². The van der Waals surface area contributed by atoms with Crippen LogP contribution < -0.4 is 10.2 Å². The number of hydrogen-bond acceptors (Lipinski definition) is 8. The molecule has 10 heteroatoms. The molecule has 2 aromatic carbocycles. The molecule has 0 unspecified atom stereocenters. The van der Waals surface area contributed by atoms with E-state index >= 15 is 0 Å². The topological polar surface area (TPSA) is 106 Å². The molecule has 1 amide bonds. The average molecular weight is 530 g/mol. The zero-order chi connectivity index (χ0) is 26.7. The molecular formula is C27H36N3O6P. The van der Waals surface area contributed by atoms with E-state index in [4.69, 9.17) is 13.6 Å². The van der Waals surface area contributed by atoms with Crippen LogP contribution >= 0.6 is 7.59 Å². The van der Waals surface area contributed by atoms with Gasteiger partial charge in [0.25, 0.3) is 0 Å². The van der Waals surface area contributed by atoms with Crippen molar-refractivity contribution in [1.82, 2.24) is 15.1 Å². The molecule has 1 spiro atoms. The standard InChI is InChI=1S/C27H36N3O6P/c1-5-19(3)23-25(31)34-37(28-23,29-24(20(4)6-2)26(32)35-37)36-27(33)30(17-21-13-9-7-10-14-21)18-22-15-11-8-12-16-22/h7-16,19-20,23-24,28-29H,5-6,17-18H2,1-4H3/t19-,20-,23-,24-/m0/s1. The quantitative estimate of drug-likeness (QED) is 0.434. The number of benzene rings is 2. The Labute approximate surface area is 218 Å². The molecule has 2 saturated heterocycles. The van der Waals surface area contributed by atoms with Gasteiger partial charge in [0.2, 0.25) is 0 Å². The predicted molar refractivity (Wildman–Crippen MR) is 140 cm³/mol. The van der Waals surface area contributed by atoms with Crippen LogP contribution in [0.25, 0.3) is 0 Å². The van der Waals surface area contributed by atoms with Gasteiger partial charge in [0.1, 0.15) is 0 Å².